The fourth-order valence-electron chi connectivity index (χ4n) is 3.47. The van der Waals surface area contributed by atoms with E-state index in [1.165, 1.54) is 5.56 Å². The lowest BCUT2D eigenvalue weighted by Crippen LogP contribution is -2.60. The number of ether oxygens (including phenoxy) is 1. The van der Waals surface area contributed by atoms with E-state index in [-0.39, 0.29) is 11.9 Å². The molecule has 0 aliphatic carbocycles. The molecule has 3 rings (SSSR count). The highest BCUT2D eigenvalue weighted by molar-refractivity contribution is 5.73. The molecule has 2 heterocycles. The molecule has 0 radical (unpaired) electrons. The van der Waals surface area contributed by atoms with Gasteiger partial charge in [0.1, 0.15) is 0 Å². The molecule has 2 fully saturated rings. The molecule has 1 amide bonds. The summed E-state index contributed by atoms with van der Waals surface area (Å²) < 4.78 is 5.67. The summed E-state index contributed by atoms with van der Waals surface area (Å²) in [5.41, 5.74) is 1.35. The molecule has 0 aromatic heterocycles. The number of piperidine rings is 1. The Kier molecular flexibility index (Phi) is 4.03. The number of hydrogen-bond acceptors (Lipinski definition) is 3. The van der Waals surface area contributed by atoms with Gasteiger partial charge in [-0.3, -0.25) is 9.69 Å². The third-order valence-electron chi connectivity index (χ3n) is 4.28. The lowest BCUT2D eigenvalue weighted by molar-refractivity contribution is -0.124. The Morgan fingerprint density at radius 1 is 1.25 bits per heavy atom. The fourth-order valence-corrected chi connectivity index (χ4v) is 3.47. The highest BCUT2D eigenvalue weighted by Gasteiger charge is 2.40. The molecule has 2 unspecified atom stereocenters. The van der Waals surface area contributed by atoms with E-state index in [1.807, 2.05) is 0 Å². The molecule has 2 aliphatic rings. The van der Waals surface area contributed by atoms with Crippen LogP contribution in [0.4, 0.5) is 0 Å². The van der Waals surface area contributed by atoms with Crippen molar-refractivity contribution in [3.8, 4) is 0 Å². The van der Waals surface area contributed by atoms with Gasteiger partial charge in [-0.25, -0.2) is 0 Å². The van der Waals surface area contributed by atoms with Gasteiger partial charge in [0.05, 0.1) is 13.2 Å². The lowest BCUT2D eigenvalue weighted by Gasteiger charge is -2.47. The second-order valence-electron chi connectivity index (χ2n) is 5.96. The molecule has 2 saturated heterocycles. The maximum absolute atomic E-state index is 11.4. The molecular formula is C16H22N2O2. The van der Waals surface area contributed by atoms with Crippen LogP contribution in [0.2, 0.25) is 0 Å². The molecule has 0 saturated carbocycles. The number of carbonyl (C=O) groups excluding carboxylic acids is 1. The van der Waals surface area contributed by atoms with Gasteiger partial charge in [-0.1, -0.05) is 30.3 Å². The van der Waals surface area contributed by atoms with Crippen molar-refractivity contribution in [2.24, 2.45) is 11.8 Å². The van der Waals surface area contributed by atoms with Crippen molar-refractivity contribution in [3.63, 3.8) is 0 Å². The van der Waals surface area contributed by atoms with E-state index in [2.05, 4.69) is 40.5 Å². The van der Waals surface area contributed by atoms with Crippen LogP contribution in [0.1, 0.15) is 12.5 Å². The molecule has 2 atom stereocenters. The molecule has 2 aliphatic heterocycles. The van der Waals surface area contributed by atoms with Crippen molar-refractivity contribution in [1.29, 1.82) is 0 Å². The van der Waals surface area contributed by atoms with E-state index in [4.69, 9.17) is 4.74 Å². The summed E-state index contributed by atoms with van der Waals surface area (Å²) in [4.78, 5) is 13.8. The van der Waals surface area contributed by atoms with Crippen LogP contribution in [0.15, 0.2) is 30.3 Å². The van der Waals surface area contributed by atoms with Crippen LogP contribution < -0.4 is 5.32 Å². The highest BCUT2D eigenvalue weighted by Crippen LogP contribution is 2.28. The van der Waals surface area contributed by atoms with Gasteiger partial charge in [-0.2, -0.15) is 0 Å². The Bertz CT molecular complexity index is 449. The zero-order valence-electron chi connectivity index (χ0n) is 11.9. The number of carbonyl (C=O) groups is 1. The second-order valence-corrected chi connectivity index (χ2v) is 5.96. The minimum Gasteiger partial charge on any atom is -0.381 e. The molecule has 108 valence electrons. The van der Waals surface area contributed by atoms with E-state index >= 15 is 0 Å². The van der Waals surface area contributed by atoms with E-state index < -0.39 is 0 Å². The lowest BCUT2D eigenvalue weighted by atomic mass is 9.82. The van der Waals surface area contributed by atoms with Crippen molar-refractivity contribution < 1.29 is 9.53 Å². The predicted molar refractivity (Wildman–Crippen MR) is 77.1 cm³/mol. The first kappa shape index (κ1) is 13.6. The quantitative estimate of drug-likeness (QED) is 0.902. The summed E-state index contributed by atoms with van der Waals surface area (Å²) in [6.45, 7) is 6.10. The van der Waals surface area contributed by atoms with Gasteiger partial charge in [0.2, 0.25) is 5.91 Å². The highest BCUT2D eigenvalue weighted by atomic mass is 16.5. The molecule has 1 N–H and O–H groups in total. The monoisotopic (exact) mass is 274 g/mol. The van der Waals surface area contributed by atoms with Crippen LogP contribution in [-0.2, 0) is 16.1 Å². The van der Waals surface area contributed by atoms with Crippen LogP contribution in [0.5, 0.6) is 0 Å². The van der Waals surface area contributed by atoms with Gasteiger partial charge in [0, 0.05) is 44.4 Å². The molecule has 1 aromatic carbocycles. The van der Waals surface area contributed by atoms with Gasteiger partial charge in [0.25, 0.3) is 0 Å². The van der Waals surface area contributed by atoms with E-state index in [9.17, 15) is 4.79 Å². The van der Waals surface area contributed by atoms with E-state index in [1.54, 1.807) is 6.92 Å². The van der Waals surface area contributed by atoms with Crippen molar-refractivity contribution >= 4 is 5.91 Å². The predicted octanol–water partition coefficient (Wildman–Crippen LogP) is 1.27. The maximum Gasteiger partial charge on any atom is 0.217 e. The molecule has 2 bridgehead atoms. The number of hydrogen-bond donors (Lipinski definition) is 1. The van der Waals surface area contributed by atoms with Gasteiger partial charge in [0.15, 0.2) is 0 Å². The number of amides is 1. The minimum atomic E-state index is 0.0726. The summed E-state index contributed by atoms with van der Waals surface area (Å²) in [5, 5.41) is 3.12. The normalized spacial score (nSPS) is 29.9. The molecule has 1 aromatic rings. The topological polar surface area (TPSA) is 41.6 Å². The number of likely N-dealkylation sites (tertiary alicyclic amines) is 1. The van der Waals surface area contributed by atoms with E-state index in [0.29, 0.717) is 11.8 Å². The van der Waals surface area contributed by atoms with Gasteiger partial charge >= 0.3 is 0 Å². The molecule has 0 spiro atoms. The smallest absolute Gasteiger partial charge is 0.217 e. The van der Waals surface area contributed by atoms with Crippen LogP contribution in [0, 0.1) is 11.8 Å². The third kappa shape index (κ3) is 3.02. The second kappa shape index (κ2) is 5.94. The van der Waals surface area contributed by atoms with Crippen molar-refractivity contribution in [1.82, 2.24) is 10.2 Å². The average molecular weight is 274 g/mol. The van der Waals surface area contributed by atoms with Crippen LogP contribution >= 0.6 is 0 Å². The number of fused-ring (bicyclic) bond motifs is 2. The zero-order valence-corrected chi connectivity index (χ0v) is 11.9. The van der Waals surface area contributed by atoms with Crippen LogP contribution in [-0.4, -0.2) is 43.2 Å². The van der Waals surface area contributed by atoms with Crippen molar-refractivity contribution in [3.05, 3.63) is 35.9 Å². The maximum atomic E-state index is 11.4. The number of rotatable bonds is 3. The van der Waals surface area contributed by atoms with Crippen molar-refractivity contribution in [2.45, 2.75) is 19.5 Å². The van der Waals surface area contributed by atoms with Gasteiger partial charge in [-0.15, -0.1) is 0 Å². The Balaban J connectivity index is 1.66. The summed E-state index contributed by atoms with van der Waals surface area (Å²) >= 11 is 0. The Morgan fingerprint density at radius 2 is 1.90 bits per heavy atom. The molecule has 20 heavy (non-hydrogen) atoms. The first-order chi connectivity index (χ1) is 9.72. The Morgan fingerprint density at radius 3 is 2.50 bits per heavy atom. The standard InChI is InChI=1S/C16H22N2O2/c1-12(19)17-16-14-8-18(9-15(16)11-20-10-14)7-13-5-3-2-4-6-13/h2-6,14-16H,7-11H2,1H3,(H,17,19). The summed E-state index contributed by atoms with van der Waals surface area (Å²) in [7, 11) is 0. The number of nitrogens with one attached hydrogen (secondary N) is 1. The number of nitrogens with zero attached hydrogens (tertiary/aromatic N) is 1. The van der Waals surface area contributed by atoms with Gasteiger partial charge < -0.3 is 10.1 Å². The van der Waals surface area contributed by atoms with Crippen molar-refractivity contribution in [2.75, 3.05) is 26.3 Å². The van der Waals surface area contributed by atoms with E-state index in [0.717, 1.165) is 32.8 Å². The number of benzene rings is 1. The minimum absolute atomic E-state index is 0.0726. The first-order valence-corrected chi connectivity index (χ1v) is 7.33. The molecular weight excluding hydrogens is 252 g/mol. The largest absolute Gasteiger partial charge is 0.381 e. The van der Waals surface area contributed by atoms with Crippen LogP contribution in [0.3, 0.4) is 0 Å². The Hall–Kier alpha value is -1.39. The average Bonchev–Trinajstić information content (AvgIpc) is 2.40. The fraction of sp³-hybridized carbons (Fsp3) is 0.562. The molecule has 4 heteroatoms. The van der Waals surface area contributed by atoms with Crippen LogP contribution in [0.25, 0.3) is 0 Å². The summed E-state index contributed by atoms with van der Waals surface area (Å²) in [6.07, 6.45) is 0. The Labute approximate surface area is 120 Å². The summed E-state index contributed by atoms with van der Waals surface area (Å²) in [5.74, 6) is 0.897. The zero-order chi connectivity index (χ0) is 13.9. The van der Waals surface area contributed by atoms with Gasteiger partial charge in [-0.05, 0) is 5.56 Å². The SMILES string of the molecule is CC(=O)NC1C2COCC1CN(Cc1ccccc1)C2. The summed E-state index contributed by atoms with van der Waals surface area (Å²) in [6, 6.07) is 10.9. The first-order valence-electron chi connectivity index (χ1n) is 7.33. The molecule has 4 nitrogen and oxygen atoms in total. The third-order valence-corrected chi connectivity index (χ3v) is 4.28.